The zero-order chi connectivity index (χ0) is 10.7. The highest BCUT2D eigenvalue weighted by Crippen LogP contribution is 2.35. The van der Waals surface area contributed by atoms with Crippen LogP contribution in [0.2, 0.25) is 0 Å². The number of thiophene rings is 1. The molecule has 2 rings (SSSR count). The summed E-state index contributed by atoms with van der Waals surface area (Å²) < 4.78 is 0. The Kier molecular flexibility index (Phi) is 3.74. The Morgan fingerprint density at radius 2 is 2.47 bits per heavy atom. The Morgan fingerprint density at radius 3 is 3.20 bits per heavy atom. The highest BCUT2D eigenvalue weighted by molar-refractivity contribution is 7.98. The normalized spacial score (nSPS) is 16.8. The molecule has 1 aromatic heterocycles. The van der Waals surface area contributed by atoms with E-state index in [1.54, 1.807) is 11.3 Å². The highest BCUT2D eigenvalue weighted by atomic mass is 32.2. The standard InChI is InChI=1S/C12H14OS2/c1-2-3-4-10(13)12-7-9-8-14-6-5-11(9)15-12/h1,7,10,13H,3-6,8H2. The van der Waals surface area contributed by atoms with Crippen LogP contribution in [0.25, 0.3) is 0 Å². The zero-order valence-corrected chi connectivity index (χ0v) is 10.2. The third kappa shape index (κ3) is 2.57. The topological polar surface area (TPSA) is 20.2 Å². The first-order valence-corrected chi connectivity index (χ1v) is 7.09. The summed E-state index contributed by atoms with van der Waals surface area (Å²) in [6.45, 7) is 0. The fourth-order valence-electron chi connectivity index (χ4n) is 1.70. The SMILES string of the molecule is C#CCCC(O)c1cc2c(s1)CCSC2. The molecule has 80 valence electrons. The van der Waals surface area contributed by atoms with Crippen LogP contribution in [0.5, 0.6) is 0 Å². The number of rotatable bonds is 3. The number of hydrogen-bond acceptors (Lipinski definition) is 3. The first kappa shape index (κ1) is 11.1. The summed E-state index contributed by atoms with van der Waals surface area (Å²) in [5.74, 6) is 4.89. The fourth-order valence-corrected chi connectivity index (χ4v) is 4.09. The fraction of sp³-hybridized carbons (Fsp3) is 0.500. The molecule has 1 aliphatic heterocycles. The number of aryl methyl sites for hydroxylation is 1. The molecule has 2 heterocycles. The van der Waals surface area contributed by atoms with Crippen molar-refractivity contribution in [2.45, 2.75) is 31.1 Å². The van der Waals surface area contributed by atoms with Crippen LogP contribution in [0.15, 0.2) is 6.07 Å². The lowest BCUT2D eigenvalue weighted by Gasteiger charge is -2.08. The monoisotopic (exact) mass is 238 g/mol. The summed E-state index contributed by atoms with van der Waals surface area (Å²) in [4.78, 5) is 2.56. The van der Waals surface area contributed by atoms with Crippen molar-refractivity contribution >= 4 is 23.1 Å². The van der Waals surface area contributed by atoms with Crippen LogP contribution in [-0.4, -0.2) is 10.9 Å². The van der Waals surface area contributed by atoms with Crippen molar-refractivity contribution in [1.29, 1.82) is 0 Å². The number of aliphatic hydroxyl groups is 1. The minimum absolute atomic E-state index is 0.360. The van der Waals surface area contributed by atoms with Gasteiger partial charge in [-0.05, 0) is 30.2 Å². The van der Waals surface area contributed by atoms with E-state index in [2.05, 4.69) is 12.0 Å². The van der Waals surface area contributed by atoms with Crippen LogP contribution in [0, 0.1) is 12.3 Å². The van der Waals surface area contributed by atoms with Crippen molar-refractivity contribution in [3.8, 4) is 12.3 Å². The predicted octanol–water partition coefficient (Wildman–Crippen LogP) is 2.98. The number of thioether (sulfide) groups is 1. The lowest BCUT2D eigenvalue weighted by atomic mass is 10.1. The van der Waals surface area contributed by atoms with E-state index in [-0.39, 0.29) is 6.10 Å². The van der Waals surface area contributed by atoms with Gasteiger partial charge in [-0.1, -0.05) is 0 Å². The van der Waals surface area contributed by atoms with Gasteiger partial charge in [0.1, 0.15) is 0 Å². The molecule has 1 N–H and O–H groups in total. The van der Waals surface area contributed by atoms with Crippen molar-refractivity contribution in [2.75, 3.05) is 5.75 Å². The summed E-state index contributed by atoms with van der Waals surface area (Å²) in [5, 5.41) is 9.91. The molecule has 1 unspecified atom stereocenters. The Hall–Kier alpha value is -0.430. The maximum atomic E-state index is 9.91. The van der Waals surface area contributed by atoms with Gasteiger partial charge >= 0.3 is 0 Å². The zero-order valence-electron chi connectivity index (χ0n) is 8.53. The average Bonchev–Trinajstić information content (AvgIpc) is 2.69. The van der Waals surface area contributed by atoms with Gasteiger partial charge in [-0.25, -0.2) is 0 Å². The second kappa shape index (κ2) is 5.07. The molecule has 0 amide bonds. The molecule has 1 aliphatic rings. The van der Waals surface area contributed by atoms with E-state index in [0.717, 1.165) is 17.1 Å². The Morgan fingerprint density at radius 1 is 1.60 bits per heavy atom. The van der Waals surface area contributed by atoms with Crippen LogP contribution in [0.3, 0.4) is 0 Å². The molecule has 0 fully saturated rings. The van der Waals surface area contributed by atoms with E-state index in [0.29, 0.717) is 12.8 Å². The van der Waals surface area contributed by atoms with Crippen molar-refractivity contribution in [3.05, 3.63) is 21.4 Å². The van der Waals surface area contributed by atoms with E-state index in [4.69, 9.17) is 6.42 Å². The lowest BCUT2D eigenvalue weighted by molar-refractivity contribution is 0.173. The van der Waals surface area contributed by atoms with Crippen LogP contribution in [0.4, 0.5) is 0 Å². The maximum Gasteiger partial charge on any atom is 0.0891 e. The number of fused-ring (bicyclic) bond motifs is 1. The minimum Gasteiger partial charge on any atom is -0.388 e. The van der Waals surface area contributed by atoms with E-state index >= 15 is 0 Å². The largest absolute Gasteiger partial charge is 0.388 e. The summed E-state index contributed by atoms with van der Waals surface area (Å²) >= 11 is 3.74. The minimum atomic E-state index is -0.360. The van der Waals surface area contributed by atoms with Gasteiger partial charge in [0, 0.05) is 21.9 Å². The van der Waals surface area contributed by atoms with Gasteiger partial charge in [-0.15, -0.1) is 23.7 Å². The summed E-state index contributed by atoms with van der Waals surface area (Å²) in [7, 11) is 0. The van der Waals surface area contributed by atoms with Crippen molar-refractivity contribution in [2.24, 2.45) is 0 Å². The summed E-state index contributed by atoms with van der Waals surface area (Å²) in [5.41, 5.74) is 1.42. The van der Waals surface area contributed by atoms with Gasteiger partial charge in [0.05, 0.1) is 6.10 Å². The highest BCUT2D eigenvalue weighted by Gasteiger charge is 2.17. The average molecular weight is 238 g/mol. The predicted molar refractivity (Wildman–Crippen MR) is 67.2 cm³/mol. The molecule has 1 nitrogen and oxygen atoms in total. The van der Waals surface area contributed by atoms with E-state index in [9.17, 15) is 5.11 Å². The van der Waals surface area contributed by atoms with Gasteiger partial charge in [0.25, 0.3) is 0 Å². The molecule has 0 aliphatic carbocycles. The van der Waals surface area contributed by atoms with Crippen molar-refractivity contribution in [1.82, 2.24) is 0 Å². The molecule has 0 bridgehead atoms. The van der Waals surface area contributed by atoms with Gasteiger partial charge in [-0.3, -0.25) is 0 Å². The van der Waals surface area contributed by atoms with Crippen LogP contribution in [0.1, 0.15) is 34.3 Å². The third-order valence-electron chi connectivity index (χ3n) is 2.54. The molecule has 0 aromatic carbocycles. The Labute approximate surface area is 98.9 Å². The first-order valence-electron chi connectivity index (χ1n) is 5.12. The van der Waals surface area contributed by atoms with Crippen molar-refractivity contribution < 1.29 is 5.11 Å². The van der Waals surface area contributed by atoms with Gasteiger partial charge in [0.2, 0.25) is 0 Å². The molecule has 1 aromatic rings. The second-order valence-corrected chi connectivity index (χ2v) is 5.93. The quantitative estimate of drug-likeness (QED) is 0.817. The molecule has 0 saturated carbocycles. The van der Waals surface area contributed by atoms with E-state index < -0.39 is 0 Å². The van der Waals surface area contributed by atoms with Gasteiger partial charge < -0.3 is 5.11 Å². The molecule has 0 saturated heterocycles. The number of terminal acetylenes is 1. The van der Waals surface area contributed by atoms with E-state index in [1.165, 1.54) is 16.2 Å². The van der Waals surface area contributed by atoms with Crippen LogP contribution in [-0.2, 0) is 12.2 Å². The molecule has 3 heteroatoms. The number of aliphatic hydroxyl groups excluding tert-OH is 1. The smallest absolute Gasteiger partial charge is 0.0891 e. The van der Waals surface area contributed by atoms with E-state index in [1.807, 2.05) is 11.8 Å². The van der Waals surface area contributed by atoms with Gasteiger partial charge in [0.15, 0.2) is 0 Å². The van der Waals surface area contributed by atoms with Crippen LogP contribution >= 0.6 is 23.1 Å². The molecular weight excluding hydrogens is 224 g/mol. The third-order valence-corrected chi connectivity index (χ3v) is 4.88. The molecular formula is C12H14OS2. The van der Waals surface area contributed by atoms with Gasteiger partial charge in [-0.2, -0.15) is 11.8 Å². The lowest BCUT2D eigenvalue weighted by Crippen LogP contribution is -1.96. The molecule has 0 radical (unpaired) electrons. The summed E-state index contributed by atoms with van der Waals surface area (Å²) in [6.07, 6.45) is 7.33. The molecule has 0 spiro atoms. The number of hydrogen-bond donors (Lipinski definition) is 1. The molecule has 1 atom stereocenters. The maximum absolute atomic E-state index is 9.91. The van der Waals surface area contributed by atoms with Crippen molar-refractivity contribution in [3.63, 3.8) is 0 Å². The Bertz CT molecular complexity index is 352. The summed E-state index contributed by atoms with van der Waals surface area (Å²) in [6, 6.07) is 2.16. The second-order valence-electron chi connectivity index (χ2n) is 3.66. The van der Waals surface area contributed by atoms with Crippen LogP contribution < -0.4 is 0 Å². The molecule has 15 heavy (non-hydrogen) atoms. The Balaban J connectivity index is 2.09. The first-order chi connectivity index (χ1) is 7.31.